The molecule has 2 heterocycles. The zero-order chi connectivity index (χ0) is 22.7. The molecule has 0 radical (unpaired) electrons. The number of nitrogens with one attached hydrogen (secondary N) is 1. The van der Waals surface area contributed by atoms with E-state index in [1.807, 2.05) is 6.07 Å². The summed E-state index contributed by atoms with van der Waals surface area (Å²) in [4.78, 5) is 27.6. The third kappa shape index (κ3) is 4.56. The second-order valence-corrected chi connectivity index (χ2v) is 7.47. The van der Waals surface area contributed by atoms with Crippen LogP contribution in [0, 0.1) is 5.82 Å². The molecule has 1 N–H and O–H groups in total. The fourth-order valence-corrected chi connectivity index (χ4v) is 3.68. The number of benzene rings is 2. The van der Waals surface area contributed by atoms with E-state index in [2.05, 4.69) is 10.4 Å². The zero-order valence-electron chi connectivity index (χ0n) is 17.7. The summed E-state index contributed by atoms with van der Waals surface area (Å²) in [5, 5.41) is 7.34. The van der Waals surface area contributed by atoms with Crippen LogP contribution in [0.2, 0.25) is 0 Å². The maximum absolute atomic E-state index is 13.2. The first-order valence-electron chi connectivity index (χ1n) is 10.1. The van der Waals surface area contributed by atoms with Crippen molar-refractivity contribution in [1.29, 1.82) is 0 Å². The fraction of sp³-hybridized carbons (Fsp3) is 0.261. The number of aromatic nitrogens is 2. The number of aryl methyl sites for hydroxylation is 1. The number of ether oxygens (including phenoxy) is 2. The molecule has 0 saturated carbocycles. The molecular weight excluding hydrogens is 415 g/mol. The first-order chi connectivity index (χ1) is 15.4. The van der Waals surface area contributed by atoms with Crippen molar-refractivity contribution in [3.8, 4) is 11.5 Å². The number of rotatable bonds is 6. The molecule has 4 rings (SSSR count). The Kier molecular flexibility index (Phi) is 6.07. The molecule has 32 heavy (non-hydrogen) atoms. The molecule has 9 heteroatoms. The molecule has 166 valence electrons. The second kappa shape index (κ2) is 9.09. The minimum atomic E-state index is -0.653. The smallest absolute Gasteiger partial charge is 0.260 e. The van der Waals surface area contributed by atoms with Crippen molar-refractivity contribution in [3.05, 3.63) is 71.8 Å². The van der Waals surface area contributed by atoms with Gasteiger partial charge in [-0.2, -0.15) is 5.10 Å². The van der Waals surface area contributed by atoms with Crippen LogP contribution in [0.15, 0.2) is 54.7 Å². The lowest BCUT2D eigenvalue weighted by Gasteiger charge is -2.31. The Bertz CT molecular complexity index is 1130. The highest BCUT2D eigenvalue weighted by Gasteiger charge is 2.35. The predicted molar refractivity (Wildman–Crippen MR) is 115 cm³/mol. The minimum absolute atomic E-state index is 0.163. The summed E-state index contributed by atoms with van der Waals surface area (Å²) in [7, 11) is 3.31. The lowest BCUT2D eigenvalue weighted by atomic mass is 9.95. The number of carbonyl (C=O) groups excluding carboxylic acids is 2. The zero-order valence-corrected chi connectivity index (χ0v) is 17.7. The van der Waals surface area contributed by atoms with E-state index in [0.29, 0.717) is 29.4 Å². The van der Waals surface area contributed by atoms with Crippen LogP contribution in [-0.4, -0.2) is 46.8 Å². The lowest BCUT2D eigenvalue weighted by molar-refractivity contribution is -0.135. The molecule has 1 atom stereocenters. The minimum Gasteiger partial charge on any atom is -0.495 e. The van der Waals surface area contributed by atoms with Crippen LogP contribution < -0.4 is 14.8 Å². The van der Waals surface area contributed by atoms with Gasteiger partial charge in [-0.25, -0.2) is 4.39 Å². The van der Waals surface area contributed by atoms with Crippen LogP contribution in [0.25, 0.3) is 0 Å². The van der Waals surface area contributed by atoms with E-state index in [1.54, 1.807) is 41.0 Å². The molecule has 0 saturated heterocycles. The maximum Gasteiger partial charge on any atom is 0.260 e. The summed E-state index contributed by atoms with van der Waals surface area (Å²) >= 11 is 0. The first kappa shape index (κ1) is 21.4. The van der Waals surface area contributed by atoms with Crippen molar-refractivity contribution in [1.82, 2.24) is 14.7 Å². The van der Waals surface area contributed by atoms with Crippen molar-refractivity contribution >= 4 is 17.5 Å². The Labute approximate surface area is 184 Å². The number of carbonyl (C=O) groups is 2. The van der Waals surface area contributed by atoms with Gasteiger partial charge in [0, 0.05) is 31.9 Å². The average Bonchev–Trinajstić information content (AvgIpc) is 3.18. The molecule has 0 fully saturated rings. The molecule has 0 spiro atoms. The normalized spacial score (nSPS) is 15.1. The van der Waals surface area contributed by atoms with Crippen LogP contribution in [0.4, 0.5) is 10.1 Å². The number of hydrogen-bond acceptors (Lipinski definition) is 5. The number of methoxy groups -OCH3 is 1. The molecule has 3 aromatic rings. The summed E-state index contributed by atoms with van der Waals surface area (Å²) in [5.41, 5.74) is 1.98. The van der Waals surface area contributed by atoms with Gasteiger partial charge in [-0.1, -0.05) is 12.1 Å². The fourth-order valence-electron chi connectivity index (χ4n) is 3.68. The average molecular weight is 438 g/mol. The molecule has 1 aliphatic rings. The molecule has 1 aromatic heterocycles. The monoisotopic (exact) mass is 438 g/mol. The van der Waals surface area contributed by atoms with Gasteiger partial charge in [0.05, 0.1) is 18.5 Å². The summed E-state index contributed by atoms with van der Waals surface area (Å²) in [6.07, 6.45) is 1.80. The van der Waals surface area contributed by atoms with Gasteiger partial charge in [0.15, 0.2) is 6.61 Å². The van der Waals surface area contributed by atoms with E-state index in [0.717, 1.165) is 5.56 Å². The van der Waals surface area contributed by atoms with Gasteiger partial charge in [0.2, 0.25) is 5.91 Å². The van der Waals surface area contributed by atoms with Crippen LogP contribution in [-0.2, 0) is 23.2 Å². The Morgan fingerprint density at radius 3 is 2.69 bits per heavy atom. The van der Waals surface area contributed by atoms with Crippen LogP contribution in [0.1, 0.15) is 17.2 Å². The number of nitrogens with zero attached hydrogens (tertiary/aromatic N) is 3. The summed E-state index contributed by atoms with van der Waals surface area (Å²) in [6, 6.07) is 12.6. The van der Waals surface area contributed by atoms with Crippen LogP contribution >= 0.6 is 0 Å². The van der Waals surface area contributed by atoms with E-state index < -0.39 is 5.92 Å². The molecule has 2 amide bonds. The van der Waals surface area contributed by atoms with E-state index in [-0.39, 0.29) is 30.8 Å². The van der Waals surface area contributed by atoms with Gasteiger partial charge in [0.1, 0.15) is 23.2 Å². The summed E-state index contributed by atoms with van der Waals surface area (Å²) in [5.74, 6) is -0.666. The number of anilines is 1. The number of para-hydroxylation sites is 2. The number of hydrogen-bond donors (Lipinski definition) is 1. The summed E-state index contributed by atoms with van der Waals surface area (Å²) < 4.78 is 25.5. The topological polar surface area (TPSA) is 85.7 Å². The van der Waals surface area contributed by atoms with Gasteiger partial charge in [-0.15, -0.1) is 0 Å². The first-order valence-corrected chi connectivity index (χ1v) is 10.1. The second-order valence-electron chi connectivity index (χ2n) is 7.47. The lowest BCUT2D eigenvalue weighted by Crippen LogP contribution is -2.43. The Hall–Kier alpha value is -3.88. The largest absolute Gasteiger partial charge is 0.495 e. The summed E-state index contributed by atoms with van der Waals surface area (Å²) in [6.45, 7) is 0.270. The number of amides is 2. The molecule has 2 aromatic carbocycles. The van der Waals surface area contributed by atoms with E-state index in [1.165, 1.54) is 31.4 Å². The molecule has 0 bridgehead atoms. The van der Waals surface area contributed by atoms with Crippen LogP contribution in [0.3, 0.4) is 0 Å². The van der Waals surface area contributed by atoms with Crippen molar-refractivity contribution in [2.75, 3.05) is 25.6 Å². The third-order valence-electron chi connectivity index (χ3n) is 5.24. The van der Waals surface area contributed by atoms with Crippen molar-refractivity contribution in [3.63, 3.8) is 0 Å². The van der Waals surface area contributed by atoms with E-state index in [4.69, 9.17) is 9.47 Å². The van der Waals surface area contributed by atoms with Gasteiger partial charge < -0.3 is 19.7 Å². The van der Waals surface area contributed by atoms with Crippen molar-refractivity contribution in [2.24, 2.45) is 7.05 Å². The standard InChI is InChI=1S/C23H23FN4O4/c1-27-11-15-12-28(21(29)14-32-17-9-7-16(24)8-10-17)13-18(22(15)26-27)23(30)25-19-5-3-4-6-20(19)31-2/h3-11,18H,12-14H2,1-2H3,(H,25,30). The Morgan fingerprint density at radius 1 is 1.19 bits per heavy atom. The van der Waals surface area contributed by atoms with Gasteiger partial charge in [-0.05, 0) is 36.4 Å². The van der Waals surface area contributed by atoms with Gasteiger partial charge >= 0.3 is 0 Å². The Balaban J connectivity index is 1.50. The van der Waals surface area contributed by atoms with Crippen molar-refractivity contribution < 1.29 is 23.5 Å². The molecule has 1 aliphatic heterocycles. The number of fused-ring (bicyclic) bond motifs is 1. The molecule has 1 unspecified atom stereocenters. The molecular formula is C23H23FN4O4. The van der Waals surface area contributed by atoms with Crippen molar-refractivity contribution in [2.45, 2.75) is 12.5 Å². The van der Waals surface area contributed by atoms with E-state index >= 15 is 0 Å². The van der Waals surface area contributed by atoms with Gasteiger partial charge in [-0.3, -0.25) is 14.3 Å². The quantitative estimate of drug-likeness (QED) is 0.640. The Morgan fingerprint density at radius 2 is 1.94 bits per heavy atom. The number of halogens is 1. The van der Waals surface area contributed by atoms with Gasteiger partial charge in [0.25, 0.3) is 5.91 Å². The molecule has 0 aliphatic carbocycles. The highest BCUT2D eigenvalue weighted by molar-refractivity contribution is 5.97. The van der Waals surface area contributed by atoms with E-state index in [9.17, 15) is 14.0 Å². The predicted octanol–water partition coefficient (Wildman–Crippen LogP) is 2.71. The highest BCUT2D eigenvalue weighted by Crippen LogP contribution is 2.30. The maximum atomic E-state index is 13.2. The third-order valence-corrected chi connectivity index (χ3v) is 5.24. The SMILES string of the molecule is COc1ccccc1NC(=O)C1CN(C(=O)COc2ccc(F)cc2)Cc2cn(C)nc21. The molecule has 8 nitrogen and oxygen atoms in total. The van der Waals surface area contributed by atoms with Crippen LogP contribution in [0.5, 0.6) is 11.5 Å². The highest BCUT2D eigenvalue weighted by atomic mass is 19.1.